The minimum atomic E-state index is -2.62. The Morgan fingerprint density at radius 3 is 2.56 bits per heavy atom. The van der Waals surface area contributed by atoms with E-state index in [0.717, 1.165) is 48.9 Å². The van der Waals surface area contributed by atoms with E-state index in [1.165, 1.54) is 25.5 Å². The number of carbonyl (C=O) groups is 1. The molecule has 0 heterocycles. The van der Waals surface area contributed by atoms with E-state index in [0.29, 0.717) is 48.4 Å². The molecule has 2 unspecified atom stereocenters. The predicted molar refractivity (Wildman–Crippen MR) is 172 cm³/mol. The molecule has 0 spiro atoms. The first-order chi connectivity index (χ1) is 20.6. The van der Waals surface area contributed by atoms with E-state index in [4.69, 9.17) is 22.4 Å². The number of alkyl halides is 3. The summed E-state index contributed by atoms with van der Waals surface area (Å²) >= 11 is 6.47. The zero-order valence-electron chi connectivity index (χ0n) is 25.5. The number of hydrogen-bond acceptors (Lipinski definition) is 4. The minimum Gasteiger partial charge on any atom is -0.312 e. The van der Waals surface area contributed by atoms with Crippen molar-refractivity contribution in [1.82, 2.24) is 5.32 Å². The second kappa shape index (κ2) is 13.7. The average Bonchev–Trinajstić information content (AvgIpc) is 2.95. The molecule has 2 aromatic rings. The van der Waals surface area contributed by atoms with Crippen LogP contribution in [0.3, 0.4) is 0 Å². The summed E-state index contributed by atoms with van der Waals surface area (Å²) in [6.07, 6.45) is 7.93. The fourth-order valence-corrected chi connectivity index (χ4v) is 7.94. The van der Waals surface area contributed by atoms with E-state index in [-0.39, 0.29) is 34.6 Å². The molecule has 3 N–H and O–H groups in total. The quantitative estimate of drug-likeness (QED) is 0.147. The number of Topliss-reactive ketones (excluding diaryl/α,β-unsaturated/α-hetero) is 1. The summed E-state index contributed by atoms with van der Waals surface area (Å²) in [6.45, 7) is 4.96. The lowest BCUT2D eigenvalue weighted by Gasteiger charge is -2.48. The summed E-state index contributed by atoms with van der Waals surface area (Å²) in [5.41, 5.74) is 4.15. The molecule has 43 heavy (non-hydrogen) atoms. The van der Waals surface area contributed by atoms with Crippen LogP contribution in [0.15, 0.2) is 36.4 Å². The number of hydrogen-bond donors (Lipinski definition) is 3. The lowest BCUT2D eigenvalue weighted by atomic mass is 9.58. The summed E-state index contributed by atoms with van der Waals surface area (Å²) in [6, 6.07) is 11.7. The number of benzene rings is 2. The van der Waals surface area contributed by atoms with Crippen LogP contribution in [0.5, 0.6) is 0 Å². The van der Waals surface area contributed by atoms with Crippen molar-refractivity contribution in [2.75, 3.05) is 6.54 Å². The Morgan fingerprint density at radius 1 is 1.16 bits per heavy atom. The van der Waals surface area contributed by atoms with E-state index in [9.17, 15) is 13.6 Å². The monoisotopic (exact) mass is 609 g/mol. The van der Waals surface area contributed by atoms with E-state index < -0.39 is 11.8 Å². The molecular weight excluding hydrogens is 564 g/mol. The van der Waals surface area contributed by atoms with Gasteiger partial charge in [-0.25, -0.2) is 8.78 Å². The van der Waals surface area contributed by atoms with Crippen molar-refractivity contribution >= 4 is 29.3 Å². The van der Waals surface area contributed by atoms with Gasteiger partial charge in [-0.15, -0.1) is 11.6 Å². The van der Waals surface area contributed by atoms with Crippen molar-refractivity contribution in [1.29, 1.82) is 10.8 Å². The first-order valence-corrected chi connectivity index (χ1v) is 16.6. The van der Waals surface area contributed by atoms with Crippen molar-refractivity contribution < 1.29 is 13.6 Å². The zero-order valence-corrected chi connectivity index (χ0v) is 26.3. The third-order valence-electron chi connectivity index (χ3n) is 10.4. The molecule has 2 fully saturated rings. The lowest BCUT2D eigenvalue weighted by Crippen LogP contribution is -2.51. The van der Waals surface area contributed by atoms with Gasteiger partial charge in [-0.1, -0.05) is 44.0 Å². The number of aryl methyl sites for hydroxylation is 1. The normalized spacial score (nSPS) is 25.0. The molecule has 232 valence electrons. The highest BCUT2D eigenvalue weighted by molar-refractivity contribution is 6.22. The van der Waals surface area contributed by atoms with Gasteiger partial charge >= 0.3 is 0 Å². The van der Waals surface area contributed by atoms with Gasteiger partial charge in [-0.2, -0.15) is 0 Å². The fourth-order valence-electron chi connectivity index (χ4n) is 7.41. The highest BCUT2D eigenvalue weighted by Gasteiger charge is 2.49. The Hall–Kier alpha value is -2.44. The van der Waals surface area contributed by atoms with Crippen LogP contribution >= 0.6 is 11.6 Å². The second-order valence-corrected chi connectivity index (χ2v) is 14.0. The first kappa shape index (κ1) is 32.0. The largest absolute Gasteiger partial charge is 0.312 e. The highest BCUT2D eigenvalue weighted by atomic mass is 35.5. The average molecular weight is 610 g/mol. The predicted octanol–water partition coefficient (Wildman–Crippen LogP) is 9.18. The van der Waals surface area contributed by atoms with Gasteiger partial charge in [0.1, 0.15) is 0 Å². The fraction of sp³-hybridized carbons (Fsp3) is 0.583. The minimum absolute atomic E-state index is 0.0104. The SMILES string of the molecule is CCCC(C=N)C(=N)C1(c2cccc(CCC3CC(=O)c4cc([C@@H](C)NCC5CCC5)cc(C(F)F)c4C3)c2)CC(Cl)C1. The van der Waals surface area contributed by atoms with E-state index in [1.54, 1.807) is 6.07 Å². The number of halogens is 3. The van der Waals surface area contributed by atoms with Gasteiger partial charge in [0.15, 0.2) is 5.78 Å². The van der Waals surface area contributed by atoms with Crippen LogP contribution in [0.25, 0.3) is 0 Å². The van der Waals surface area contributed by atoms with E-state index in [2.05, 4.69) is 30.4 Å². The van der Waals surface area contributed by atoms with Gasteiger partial charge in [-0.05, 0) is 111 Å². The Kier molecular flexibility index (Phi) is 10.2. The Bertz CT molecular complexity index is 1330. The van der Waals surface area contributed by atoms with Gasteiger partial charge in [0.25, 0.3) is 6.43 Å². The number of nitrogens with one attached hydrogen (secondary N) is 3. The van der Waals surface area contributed by atoms with Crippen molar-refractivity contribution in [3.8, 4) is 0 Å². The molecule has 0 saturated heterocycles. The molecule has 0 radical (unpaired) electrons. The molecule has 2 saturated carbocycles. The molecule has 2 aromatic carbocycles. The molecular formula is C36H46ClF2N3O. The maximum atomic E-state index is 14.3. The smallest absolute Gasteiger partial charge is 0.264 e. The Morgan fingerprint density at radius 2 is 1.93 bits per heavy atom. The van der Waals surface area contributed by atoms with Crippen LogP contribution < -0.4 is 5.32 Å². The summed E-state index contributed by atoms with van der Waals surface area (Å²) in [7, 11) is 0. The molecule has 0 amide bonds. The summed E-state index contributed by atoms with van der Waals surface area (Å²) in [5, 5.41) is 20.5. The van der Waals surface area contributed by atoms with Gasteiger partial charge in [0.05, 0.1) is 0 Å². The highest BCUT2D eigenvalue weighted by Crippen LogP contribution is 2.49. The maximum Gasteiger partial charge on any atom is 0.264 e. The van der Waals surface area contributed by atoms with Crippen LogP contribution in [-0.2, 0) is 18.3 Å². The third-order valence-corrected chi connectivity index (χ3v) is 10.7. The molecule has 3 aliphatic rings. The molecule has 3 atom stereocenters. The van der Waals surface area contributed by atoms with E-state index in [1.807, 2.05) is 19.1 Å². The van der Waals surface area contributed by atoms with Gasteiger partial charge in [-0.3, -0.25) is 4.79 Å². The van der Waals surface area contributed by atoms with Crippen LogP contribution in [0.4, 0.5) is 8.78 Å². The molecule has 0 aromatic heterocycles. The van der Waals surface area contributed by atoms with Crippen molar-refractivity contribution in [3.63, 3.8) is 0 Å². The summed E-state index contributed by atoms with van der Waals surface area (Å²) in [5.74, 6) is 0.466. The van der Waals surface area contributed by atoms with Gasteiger partial charge in [0, 0.05) is 52.2 Å². The van der Waals surface area contributed by atoms with Crippen LogP contribution in [-0.4, -0.2) is 29.6 Å². The van der Waals surface area contributed by atoms with Crippen molar-refractivity contribution in [2.45, 2.75) is 108 Å². The number of carbonyl (C=O) groups excluding carboxylic acids is 1. The summed E-state index contributed by atoms with van der Waals surface area (Å²) in [4.78, 5) is 13.3. The molecule has 3 aliphatic carbocycles. The van der Waals surface area contributed by atoms with Crippen LogP contribution in [0.2, 0.25) is 0 Å². The summed E-state index contributed by atoms with van der Waals surface area (Å²) < 4.78 is 28.7. The van der Waals surface area contributed by atoms with Gasteiger partial charge in [0.2, 0.25) is 0 Å². The topological polar surface area (TPSA) is 76.8 Å². The molecule has 5 rings (SSSR count). The Balaban J connectivity index is 1.29. The van der Waals surface area contributed by atoms with E-state index >= 15 is 0 Å². The molecule has 4 nitrogen and oxygen atoms in total. The van der Waals surface area contributed by atoms with Crippen molar-refractivity contribution in [2.24, 2.45) is 17.8 Å². The standard InChI is InChI=1S/C36H46ClF2N3O/c1-3-6-26(20-40)34(41)36(18-29(37)19-36)28-10-5-7-23(13-28)11-12-25-14-30-31(33(43)15-25)16-27(17-32(30)35(38)39)22(2)42-21-24-8-4-9-24/h5,7,10,13,16-17,20,22,24-26,29,35,40-42H,3-4,6,8-9,11-12,14-15,18-19,21H2,1-2H3/t22-,25?,26?,29?,36?/m1/s1. The van der Waals surface area contributed by atoms with Crippen molar-refractivity contribution in [3.05, 3.63) is 69.8 Å². The lowest BCUT2D eigenvalue weighted by molar-refractivity contribution is 0.0943. The number of ketones is 1. The van der Waals surface area contributed by atoms with Gasteiger partial charge < -0.3 is 16.1 Å². The molecule has 0 bridgehead atoms. The Labute approximate surface area is 260 Å². The molecule has 7 heteroatoms. The van der Waals surface area contributed by atoms with Crippen LogP contribution in [0.1, 0.15) is 122 Å². The van der Waals surface area contributed by atoms with Crippen LogP contribution in [0, 0.1) is 28.6 Å². The maximum absolute atomic E-state index is 14.3. The third kappa shape index (κ3) is 6.81. The second-order valence-electron chi connectivity index (χ2n) is 13.4. The first-order valence-electron chi connectivity index (χ1n) is 16.2. The number of fused-ring (bicyclic) bond motifs is 1. The molecule has 0 aliphatic heterocycles. The zero-order chi connectivity index (χ0) is 30.7. The number of rotatable bonds is 14.